The first-order valence-corrected chi connectivity index (χ1v) is 12.4. The average molecular weight is 534 g/mol. The second kappa shape index (κ2) is 12.3. The maximum Gasteiger partial charge on any atom is 0.351 e. The number of esters is 2. The van der Waals surface area contributed by atoms with Crippen molar-refractivity contribution in [3.05, 3.63) is 95.1 Å². The number of carboxylic acids is 2. The highest BCUT2D eigenvalue weighted by molar-refractivity contribution is 6.26. The minimum Gasteiger partial charge on any atom is -0.539 e. The van der Waals surface area contributed by atoms with E-state index >= 15 is 0 Å². The van der Waals surface area contributed by atoms with Crippen LogP contribution in [-0.2, 0) is 26.3 Å². The predicted octanol–water partition coefficient (Wildman–Crippen LogP) is 1.07. The van der Waals surface area contributed by atoms with Crippen LogP contribution in [0, 0.1) is 0 Å². The van der Waals surface area contributed by atoms with Gasteiger partial charge < -0.3 is 34.5 Å². The van der Waals surface area contributed by atoms with Crippen molar-refractivity contribution in [2.75, 3.05) is 19.7 Å². The van der Waals surface area contributed by atoms with E-state index in [1.807, 2.05) is 24.3 Å². The van der Waals surface area contributed by atoms with E-state index in [0.29, 0.717) is 17.7 Å². The van der Waals surface area contributed by atoms with Gasteiger partial charge in [-0.15, -0.1) is 0 Å². The summed E-state index contributed by atoms with van der Waals surface area (Å²) in [7, 11) is 0. The molecule has 5 rings (SSSR count). The Morgan fingerprint density at radius 2 is 1.41 bits per heavy atom. The molecule has 0 radical (unpaired) electrons. The Morgan fingerprint density at radius 1 is 0.872 bits per heavy atom. The van der Waals surface area contributed by atoms with Crippen molar-refractivity contribution in [2.24, 2.45) is 0 Å². The third-order valence-corrected chi connectivity index (χ3v) is 6.46. The monoisotopic (exact) mass is 533 g/mol. The smallest absolute Gasteiger partial charge is 0.351 e. The molecule has 1 aliphatic carbocycles. The number of aliphatic carboxylic acids is 2. The van der Waals surface area contributed by atoms with E-state index in [-0.39, 0.29) is 11.5 Å². The van der Waals surface area contributed by atoms with Gasteiger partial charge in [-0.1, -0.05) is 36.4 Å². The van der Waals surface area contributed by atoms with Crippen molar-refractivity contribution in [3.63, 3.8) is 0 Å². The second-order valence-electron chi connectivity index (χ2n) is 9.04. The highest BCUT2D eigenvalue weighted by atomic mass is 16.6. The summed E-state index contributed by atoms with van der Waals surface area (Å²) in [6.45, 7) is 2.41. The number of carbonyl (C=O) groups excluding carboxylic acids is 3. The number of morpholine rings is 1. The molecule has 3 N–H and O–H groups in total. The Kier molecular flexibility index (Phi) is 8.70. The third kappa shape index (κ3) is 6.67. The van der Waals surface area contributed by atoms with Crippen molar-refractivity contribution >= 4 is 23.9 Å². The zero-order valence-corrected chi connectivity index (χ0v) is 21.0. The largest absolute Gasteiger partial charge is 0.539 e. The zero-order chi connectivity index (χ0) is 27.8. The first-order valence-electron chi connectivity index (χ1n) is 12.4. The van der Waals surface area contributed by atoms with Crippen LogP contribution in [0.3, 0.4) is 0 Å². The van der Waals surface area contributed by atoms with Gasteiger partial charge in [-0.05, 0) is 66.8 Å². The van der Waals surface area contributed by atoms with Gasteiger partial charge in [-0.2, -0.15) is 0 Å². The molecule has 3 aromatic rings. The van der Waals surface area contributed by atoms with Crippen LogP contribution in [0.4, 0.5) is 0 Å². The molecule has 2 aliphatic rings. The van der Waals surface area contributed by atoms with Gasteiger partial charge in [0.25, 0.3) is 0 Å². The molecule has 0 bridgehead atoms. The topological polar surface area (TPSA) is 156 Å². The number of hydrogen-bond acceptors (Lipinski definition) is 8. The normalized spacial score (nSPS) is 17.6. The summed E-state index contributed by atoms with van der Waals surface area (Å²) in [6, 6.07) is 21.2. The van der Waals surface area contributed by atoms with Crippen LogP contribution in [0.25, 0.3) is 0 Å². The van der Waals surface area contributed by atoms with Gasteiger partial charge in [-0.3, -0.25) is 0 Å². The lowest BCUT2D eigenvalue weighted by Crippen LogP contribution is -2.91. The molecule has 3 aromatic carbocycles. The molecule has 202 valence electrons. The molecule has 1 saturated heterocycles. The van der Waals surface area contributed by atoms with Gasteiger partial charge >= 0.3 is 17.9 Å². The van der Waals surface area contributed by atoms with E-state index in [9.17, 15) is 9.59 Å². The van der Waals surface area contributed by atoms with E-state index in [1.54, 1.807) is 48.5 Å². The van der Waals surface area contributed by atoms with Crippen molar-refractivity contribution in [3.8, 4) is 11.5 Å². The zero-order valence-electron chi connectivity index (χ0n) is 21.0. The molecule has 0 amide bonds. The van der Waals surface area contributed by atoms with Crippen molar-refractivity contribution in [1.29, 1.82) is 0 Å². The quantitative estimate of drug-likeness (QED) is 0.285. The fourth-order valence-electron chi connectivity index (χ4n) is 4.65. The number of hydrogen-bond donors (Lipinski definition) is 2. The van der Waals surface area contributed by atoms with Gasteiger partial charge in [0.15, 0.2) is 17.5 Å². The number of fused-ring (bicyclic) bond motifs is 2. The number of carboxylic acid groups (broad SMARTS) is 2. The van der Waals surface area contributed by atoms with Crippen molar-refractivity contribution in [2.45, 2.75) is 24.9 Å². The highest BCUT2D eigenvalue weighted by Gasteiger charge is 2.42. The van der Waals surface area contributed by atoms with Crippen LogP contribution in [0.2, 0.25) is 0 Å². The summed E-state index contributed by atoms with van der Waals surface area (Å²) in [5, 5.41) is 18.6. The number of nitrogens with two attached hydrogens (primary N) is 1. The Hall–Kier alpha value is -4.54. The molecule has 39 heavy (non-hydrogen) atoms. The maximum atomic E-state index is 12.9. The van der Waals surface area contributed by atoms with E-state index in [1.165, 1.54) is 0 Å². The van der Waals surface area contributed by atoms with Gasteiger partial charge in [-0.25, -0.2) is 14.4 Å². The number of carbonyl (C=O) groups is 4. The molecule has 0 aromatic heterocycles. The van der Waals surface area contributed by atoms with Gasteiger partial charge in [0.2, 0.25) is 0 Å². The average Bonchev–Trinajstić information content (AvgIpc) is 2.95. The van der Waals surface area contributed by atoms with E-state index in [2.05, 4.69) is 5.32 Å². The molecule has 1 atom stereocenters. The summed E-state index contributed by atoms with van der Waals surface area (Å²) < 4.78 is 17.8. The minimum atomic E-state index is -2.07. The van der Waals surface area contributed by atoms with Crippen molar-refractivity contribution in [1.82, 2.24) is 0 Å². The molecule has 10 nitrogen and oxygen atoms in total. The van der Waals surface area contributed by atoms with Crippen molar-refractivity contribution < 1.29 is 48.9 Å². The number of ether oxygens (including phenoxy) is 3. The van der Waals surface area contributed by atoms with E-state index < -0.39 is 29.5 Å². The summed E-state index contributed by atoms with van der Waals surface area (Å²) in [6.07, 6.45) is 2.74. The Balaban J connectivity index is 0.000000531. The minimum absolute atomic E-state index is 0.224. The summed E-state index contributed by atoms with van der Waals surface area (Å²) in [5.74, 6) is -4.55. The summed E-state index contributed by atoms with van der Waals surface area (Å²) in [5.41, 5.74) is 2.51. The van der Waals surface area contributed by atoms with E-state index in [4.69, 9.17) is 34.0 Å². The number of rotatable bonds is 4. The van der Waals surface area contributed by atoms with Gasteiger partial charge in [0, 0.05) is 0 Å². The van der Waals surface area contributed by atoms with Crippen LogP contribution in [-0.4, -0.2) is 48.7 Å². The second-order valence-corrected chi connectivity index (χ2v) is 9.04. The Bertz CT molecular complexity index is 1340. The van der Waals surface area contributed by atoms with Crippen LogP contribution in [0.5, 0.6) is 11.5 Å². The standard InChI is InChI=1S/C27H25NO5.C2H2O4/c29-25(19-8-3-1-4-9-19)32-23-16-21-12-7-13-27(18-28-14-15-31-27)22(21)17-24(23)33-26(30)20-10-5-2-6-11-20;3-1(4)2(5)6/h1-6,8-11,16-17,28H,7,12-15,18H2;(H,3,4)(H,5,6). The Morgan fingerprint density at radius 3 is 1.90 bits per heavy atom. The molecular weight excluding hydrogens is 506 g/mol. The fourth-order valence-corrected chi connectivity index (χ4v) is 4.65. The van der Waals surface area contributed by atoms with Crippen LogP contribution in [0.1, 0.15) is 44.7 Å². The maximum absolute atomic E-state index is 12.9. The molecule has 0 saturated carbocycles. The van der Waals surface area contributed by atoms with Crippen LogP contribution in [0.15, 0.2) is 72.8 Å². The van der Waals surface area contributed by atoms with Gasteiger partial charge in [0.05, 0.1) is 24.3 Å². The summed E-state index contributed by atoms with van der Waals surface area (Å²) >= 11 is 0. The highest BCUT2D eigenvalue weighted by Crippen LogP contribution is 2.43. The SMILES string of the molecule is O=C(Oc1cc2c(cc1OC(=O)c1ccccc1)C1(CCC2)C[NH2+]CCO1)c1ccccc1.O=C([O-])C(=O)O. The lowest BCUT2D eigenvalue weighted by atomic mass is 9.78. The fraction of sp³-hybridized carbons (Fsp3) is 0.241. The molecule has 10 heteroatoms. The van der Waals surface area contributed by atoms with Crippen LogP contribution < -0.4 is 19.9 Å². The first kappa shape index (κ1) is 27.5. The lowest BCUT2D eigenvalue weighted by Gasteiger charge is -2.40. The number of benzene rings is 3. The lowest BCUT2D eigenvalue weighted by molar-refractivity contribution is -0.688. The van der Waals surface area contributed by atoms with E-state index in [0.717, 1.165) is 43.5 Å². The Labute approximate surface area is 224 Å². The third-order valence-electron chi connectivity index (χ3n) is 6.46. The predicted molar refractivity (Wildman–Crippen MR) is 134 cm³/mol. The molecular formula is C29H27NO9. The molecule has 1 spiro atoms. The molecule has 1 unspecified atom stereocenters. The molecule has 1 heterocycles. The van der Waals surface area contributed by atoms with Crippen LogP contribution >= 0.6 is 0 Å². The molecule has 1 aliphatic heterocycles. The van der Waals surface area contributed by atoms with Gasteiger partial charge in [0.1, 0.15) is 12.1 Å². The molecule has 1 fully saturated rings. The summed E-state index contributed by atoms with van der Waals surface area (Å²) in [4.78, 5) is 43.7. The number of quaternary nitrogens is 1. The number of aryl methyl sites for hydroxylation is 1. The first-order chi connectivity index (χ1) is 18.8.